The molecule has 0 aliphatic heterocycles. The molecule has 0 aromatic carbocycles. The van der Waals surface area contributed by atoms with E-state index >= 15 is 0 Å². The second kappa shape index (κ2) is 13.4. The highest BCUT2D eigenvalue weighted by atomic mass is 16.4. The standard InChI is InChI=1S/C7H10O6.C7H8O5/c8-4(1-2-6(10)11)3-5(9)7(12)13;8-5(7(11)12)3-1-2-4-6(9)10/h4,8H,1-3H2,(H,10,11)(H,12,13);1,3H,2,4H2,(H,9,10)(H,11,12)/b;3-1+. The van der Waals surface area contributed by atoms with E-state index in [0.717, 1.165) is 6.08 Å². The number of Topliss-reactive ketones (excluding diaryl/α,β-unsaturated/α-hetero) is 1. The van der Waals surface area contributed by atoms with Gasteiger partial charge in [0.15, 0.2) is 0 Å². The Bertz CT molecular complexity index is 547. The van der Waals surface area contributed by atoms with Gasteiger partial charge in [-0.1, -0.05) is 6.08 Å². The molecule has 11 heteroatoms. The SMILES string of the molecule is O=C(O)CC/C=C/C(=O)C(=O)O.O=C(O)CCC(O)CC(=O)C(=O)O. The molecule has 0 aromatic heterocycles. The van der Waals surface area contributed by atoms with Crippen LogP contribution in [0.2, 0.25) is 0 Å². The van der Waals surface area contributed by atoms with Gasteiger partial charge >= 0.3 is 23.9 Å². The summed E-state index contributed by atoms with van der Waals surface area (Å²) in [5, 5.41) is 41.5. The number of carbonyl (C=O) groups is 6. The zero-order valence-electron chi connectivity index (χ0n) is 13.0. The lowest BCUT2D eigenvalue weighted by Gasteiger charge is -2.05. The molecule has 1 atom stereocenters. The van der Waals surface area contributed by atoms with Gasteiger partial charge in [-0.2, -0.15) is 0 Å². The first kappa shape index (κ1) is 24.2. The van der Waals surface area contributed by atoms with Crippen LogP contribution >= 0.6 is 0 Å². The Balaban J connectivity index is 0. The van der Waals surface area contributed by atoms with E-state index in [1.165, 1.54) is 6.08 Å². The van der Waals surface area contributed by atoms with Crippen molar-refractivity contribution in [1.82, 2.24) is 0 Å². The summed E-state index contributed by atoms with van der Waals surface area (Å²) in [4.78, 5) is 60.7. The normalized spacial score (nSPS) is 11.1. The number of hydrogen-bond donors (Lipinski definition) is 5. The topological polar surface area (TPSA) is 204 Å². The molecule has 25 heavy (non-hydrogen) atoms. The van der Waals surface area contributed by atoms with E-state index in [2.05, 4.69) is 0 Å². The highest BCUT2D eigenvalue weighted by molar-refractivity contribution is 6.37. The zero-order valence-corrected chi connectivity index (χ0v) is 13.0. The van der Waals surface area contributed by atoms with Crippen LogP contribution in [0.4, 0.5) is 0 Å². The van der Waals surface area contributed by atoms with Gasteiger partial charge in [-0.25, -0.2) is 9.59 Å². The third kappa shape index (κ3) is 17.1. The Morgan fingerprint density at radius 2 is 1.32 bits per heavy atom. The molecule has 140 valence electrons. The molecular weight excluding hydrogens is 344 g/mol. The van der Waals surface area contributed by atoms with E-state index in [4.69, 9.17) is 25.5 Å². The molecule has 1 unspecified atom stereocenters. The van der Waals surface area contributed by atoms with Crippen molar-refractivity contribution in [3.05, 3.63) is 12.2 Å². The van der Waals surface area contributed by atoms with Gasteiger partial charge in [0.1, 0.15) is 0 Å². The van der Waals surface area contributed by atoms with Crippen molar-refractivity contribution in [2.75, 3.05) is 0 Å². The summed E-state index contributed by atoms with van der Waals surface area (Å²) in [7, 11) is 0. The molecule has 0 aromatic rings. The molecule has 0 saturated heterocycles. The van der Waals surface area contributed by atoms with E-state index < -0.39 is 48.0 Å². The van der Waals surface area contributed by atoms with Crippen molar-refractivity contribution in [1.29, 1.82) is 0 Å². The van der Waals surface area contributed by atoms with Crippen LogP contribution < -0.4 is 0 Å². The molecule has 0 heterocycles. The van der Waals surface area contributed by atoms with Crippen LogP contribution in [-0.4, -0.2) is 67.1 Å². The van der Waals surface area contributed by atoms with Crippen LogP contribution in [-0.2, 0) is 28.8 Å². The molecule has 0 saturated carbocycles. The Morgan fingerprint density at radius 3 is 1.72 bits per heavy atom. The van der Waals surface area contributed by atoms with E-state index in [0.29, 0.717) is 0 Å². The number of aliphatic hydroxyl groups is 1. The van der Waals surface area contributed by atoms with Crippen molar-refractivity contribution < 1.29 is 54.3 Å². The minimum Gasteiger partial charge on any atom is -0.481 e. The first-order valence-electron chi connectivity index (χ1n) is 6.78. The average Bonchev–Trinajstić information content (AvgIpc) is 2.49. The maximum Gasteiger partial charge on any atom is 0.376 e. The highest BCUT2D eigenvalue weighted by Gasteiger charge is 2.17. The number of ketones is 2. The maximum atomic E-state index is 10.5. The van der Waals surface area contributed by atoms with E-state index in [-0.39, 0.29) is 25.7 Å². The number of carbonyl (C=O) groups excluding carboxylic acids is 2. The molecule has 0 amide bonds. The summed E-state index contributed by atoms with van der Waals surface area (Å²) in [6.45, 7) is 0. The second-order valence-corrected chi connectivity index (χ2v) is 4.52. The minimum atomic E-state index is -1.62. The van der Waals surface area contributed by atoms with Crippen LogP contribution in [0.15, 0.2) is 12.2 Å². The molecule has 0 bridgehead atoms. The van der Waals surface area contributed by atoms with Crippen LogP contribution in [0, 0.1) is 0 Å². The number of carboxylic acid groups (broad SMARTS) is 4. The van der Waals surface area contributed by atoms with Gasteiger partial charge in [-0.05, 0) is 18.9 Å². The molecule has 0 radical (unpaired) electrons. The molecular formula is C14H18O11. The van der Waals surface area contributed by atoms with Crippen molar-refractivity contribution in [3.8, 4) is 0 Å². The van der Waals surface area contributed by atoms with Gasteiger partial charge in [0.05, 0.1) is 6.10 Å². The molecule has 0 spiro atoms. The van der Waals surface area contributed by atoms with Crippen LogP contribution in [0.5, 0.6) is 0 Å². The Hall–Kier alpha value is -3.08. The highest BCUT2D eigenvalue weighted by Crippen LogP contribution is 2.02. The summed E-state index contributed by atoms with van der Waals surface area (Å²) in [5.74, 6) is -7.39. The van der Waals surface area contributed by atoms with Crippen LogP contribution in [0.25, 0.3) is 0 Å². The smallest absolute Gasteiger partial charge is 0.376 e. The molecule has 5 N–H and O–H groups in total. The Kier molecular flexibility index (Phi) is 12.9. The van der Waals surface area contributed by atoms with Crippen molar-refractivity contribution >= 4 is 35.4 Å². The Labute approximate surface area is 141 Å². The third-order valence-corrected chi connectivity index (χ3v) is 2.36. The lowest BCUT2D eigenvalue weighted by molar-refractivity contribution is -0.150. The third-order valence-electron chi connectivity index (χ3n) is 2.36. The summed E-state index contributed by atoms with van der Waals surface area (Å²) in [6.07, 6.45) is -0.00164. The summed E-state index contributed by atoms with van der Waals surface area (Å²) >= 11 is 0. The first-order chi connectivity index (χ1) is 11.5. The monoisotopic (exact) mass is 362 g/mol. The maximum absolute atomic E-state index is 10.5. The molecule has 0 rings (SSSR count). The van der Waals surface area contributed by atoms with Gasteiger partial charge in [0.2, 0.25) is 5.78 Å². The van der Waals surface area contributed by atoms with Gasteiger partial charge in [-0.3, -0.25) is 19.2 Å². The quantitative estimate of drug-likeness (QED) is 0.230. The minimum absolute atomic E-state index is 0.108. The molecule has 0 fully saturated rings. The van der Waals surface area contributed by atoms with Crippen LogP contribution in [0.1, 0.15) is 32.1 Å². The van der Waals surface area contributed by atoms with Crippen LogP contribution in [0.3, 0.4) is 0 Å². The largest absolute Gasteiger partial charge is 0.481 e. The van der Waals surface area contributed by atoms with Crippen molar-refractivity contribution in [2.24, 2.45) is 0 Å². The summed E-state index contributed by atoms with van der Waals surface area (Å²) in [5.41, 5.74) is 0. The zero-order chi connectivity index (χ0) is 20.0. The van der Waals surface area contributed by atoms with E-state index in [1.54, 1.807) is 0 Å². The van der Waals surface area contributed by atoms with E-state index in [9.17, 15) is 28.8 Å². The number of carboxylic acids is 4. The molecule has 11 nitrogen and oxygen atoms in total. The summed E-state index contributed by atoms with van der Waals surface area (Å²) < 4.78 is 0. The predicted octanol–water partition coefficient (Wildman–Crippen LogP) is -0.683. The number of aliphatic carboxylic acids is 4. The number of rotatable bonds is 11. The first-order valence-corrected chi connectivity index (χ1v) is 6.78. The second-order valence-electron chi connectivity index (χ2n) is 4.52. The van der Waals surface area contributed by atoms with Crippen molar-refractivity contribution in [2.45, 2.75) is 38.2 Å². The predicted molar refractivity (Wildman–Crippen MR) is 78.8 cm³/mol. The average molecular weight is 362 g/mol. The number of hydrogen-bond acceptors (Lipinski definition) is 7. The van der Waals surface area contributed by atoms with Gasteiger partial charge in [0, 0.05) is 19.3 Å². The fraction of sp³-hybridized carbons (Fsp3) is 0.429. The van der Waals surface area contributed by atoms with Gasteiger partial charge in [-0.15, -0.1) is 0 Å². The Morgan fingerprint density at radius 1 is 0.800 bits per heavy atom. The fourth-order valence-electron chi connectivity index (χ4n) is 1.16. The molecule has 0 aliphatic carbocycles. The lowest BCUT2D eigenvalue weighted by atomic mass is 10.1. The number of allylic oxidation sites excluding steroid dienone is 1. The van der Waals surface area contributed by atoms with Crippen molar-refractivity contribution in [3.63, 3.8) is 0 Å². The number of aliphatic hydroxyl groups excluding tert-OH is 1. The summed E-state index contributed by atoms with van der Waals surface area (Å²) in [6, 6.07) is 0. The fourth-order valence-corrected chi connectivity index (χ4v) is 1.16. The van der Waals surface area contributed by atoms with Gasteiger partial charge in [0.25, 0.3) is 5.78 Å². The van der Waals surface area contributed by atoms with E-state index in [1.807, 2.05) is 0 Å². The molecule has 0 aliphatic rings. The van der Waals surface area contributed by atoms with Gasteiger partial charge < -0.3 is 25.5 Å². The lowest BCUT2D eigenvalue weighted by Crippen LogP contribution is -2.20.